The molecule has 3 aromatic rings. The Labute approximate surface area is 115 Å². The first-order valence-electron chi connectivity index (χ1n) is 5.79. The molecule has 3 aromatic heterocycles. The van der Waals surface area contributed by atoms with Crippen molar-refractivity contribution in [3.63, 3.8) is 0 Å². The summed E-state index contributed by atoms with van der Waals surface area (Å²) in [5.74, 6) is 0. The lowest BCUT2D eigenvalue weighted by atomic mass is 10.2. The van der Waals surface area contributed by atoms with Crippen molar-refractivity contribution in [1.29, 1.82) is 0 Å². The van der Waals surface area contributed by atoms with Crippen LogP contribution >= 0.6 is 22.7 Å². The van der Waals surface area contributed by atoms with Gasteiger partial charge in [0.2, 0.25) is 0 Å². The van der Waals surface area contributed by atoms with E-state index in [4.69, 9.17) is 0 Å². The molecule has 0 aliphatic rings. The number of hydrogen-bond donors (Lipinski definition) is 0. The molecule has 0 bridgehead atoms. The van der Waals surface area contributed by atoms with Crippen LogP contribution in [0.25, 0.3) is 21.0 Å². The van der Waals surface area contributed by atoms with Gasteiger partial charge in [0.25, 0.3) is 0 Å². The van der Waals surface area contributed by atoms with Crippen LogP contribution in [-0.4, -0.2) is 4.98 Å². The van der Waals surface area contributed by atoms with Gasteiger partial charge in [0.15, 0.2) is 0 Å². The Hall–Kier alpha value is -1.45. The van der Waals surface area contributed by atoms with Crippen molar-refractivity contribution in [3.05, 3.63) is 52.3 Å². The van der Waals surface area contributed by atoms with Crippen LogP contribution < -0.4 is 0 Å². The zero-order valence-corrected chi connectivity index (χ0v) is 11.9. The highest BCUT2D eigenvalue weighted by atomic mass is 32.1. The molecule has 3 heteroatoms. The van der Waals surface area contributed by atoms with Gasteiger partial charge >= 0.3 is 0 Å². The van der Waals surface area contributed by atoms with Gasteiger partial charge in [-0.05, 0) is 60.0 Å². The van der Waals surface area contributed by atoms with Crippen LogP contribution in [0, 0.1) is 13.8 Å². The standard InChI is InChI=1S/C15H13NS2/c1-10-5-14(17-8-10)12-3-4-13(16-7-12)15-6-11(2)9-18-15/h3-9H,1-2H3. The van der Waals surface area contributed by atoms with Crippen molar-refractivity contribution < 1.29 is 0 Å². The van der Waals surface area contributed by atoms with Gasteiger partial charge in [0.05, 0.1) is 10.6 Å². The van der Waals surface area contributed by atoms with E-state index in [-0.39, 0.29) is 0 Å². The first-order chi connectivity index (χ1) is 8.72. The molecule has 0 unspecified atom stereocenters. The summed E-state index contributed by atoms with van der Waals surface area (Å²) in [4.78, 5) is 7.09. The minimum Gasteiger partial charge on any atom is -0.255 e. The maximum atomic E-state index is 4.56. The molecule has 1 nitrogen and oxygen atoms in total. The van der Waals surface area contributed by atoms with Crippen molar-refractivity contribution >= 4 is 22.7 Å². The molecule has 0 aromatic carbocycles. The van der Waals surface area contributed by atoms with Crippen LogP contribution in [0.2, 0.25) is 0 Å². The summed E-state index contributed by atoms with van der Waals surface area (Å²) in [6.45, 7) is 4.24. The van der Waals surface area contributed by atoms with Crippen molar-refractivity contribution in [3.8, 4) is 21.0 Å². The number of hydrogen-bond acceptors (Lipinski definition) is 3. The van der Waals surface area contributed by atoms with Crippen LogP contribution in [0.3, 0.4) is 0 Å². The molecule has 0 fully saturated rings. The lowest BCUT2D eigenvalue weighted by molar-refractivity contribution is 1.34. The monoisotopic (exact) mass is 271 g/mol. The summed E-state index contributed by atoms with van der Waals surface area (Å²) in [5.41, 5.74) is 4.87. The largest absolute Gasteiger partial charge is 0.255 e. The predicted molar refractivity (Wildman–Crippen MR) is 80.3 cm³/mol. The molecule has 0 N–H and O–H groups in total. The number of aryl methyl sites for hydroxylation is 2. The topological polar surface area (TPSA) is 12.9 Å². The summed E-state index contributed by atoms with van der Waals surface area (Å²) >= 11 is 3.52. The van der Waals surface area contributed by atoms with Crippen molar-refractivity contribution in [2.45, 2.75) is 13.8 Å². The Morgan fingerprint density at radius 2 is 1.56 bits per heavy atom. The van der Waals surface area contributed by atoms with Gasteiger partial charge in [0.1, 0.15) is 0 Å². The fraction of sp³-hybridized carbons (Fsp3) is 0.133. The van der Waals surface area contributed by atoms with Crippen molar-refractivity contribution in [1.82, 2.24) is 4.98 Å². The Balaban J connectivity index is 1.94. The minimum atomic E-state index is 1.06. The van der Waals surface area contributed by atoms with Gasteiger partial charge in [-0.3, -0.25) is 4.98 Å². The van der Waals surface area contributed by atoms with Gasteiger partial charge in [-0.2, -0.15) is 0 Å². The van der Waals surface area contributed by atoms with E-state index in [9.17, 15) is 0 Å². The van der Waals surface area contributed by atoms with Crippen molar-refractivity contribution in [2.75, 3.05) is 0 Å². The second kappa shape index (κ2) is 4.67. The van der Waals surface area contributed by atoms with Crippen LogP contribution in [-0.2, 0) is 0 Å². The molecule has 0 atom stereocenters. The number of aromatic nitrogens is 1. The lowest BCUT2D eigenvalue weighted by Crippen LogP contribution is -1.81. The smallest absolute Gasteiger partial charge is 0.0802 e. The molecule has 3 heterocycles. The highest BCUT2D eigenvalue weighted by Crippen LogP contribution is 2.29. The Bertz CT molecular complexity index is 603. The lowest BCUT2D eigenvalue weighted by Gasteiger charge is -1.99. The molecule has 3 rings (SSSR count). The average Bonchev–Trinajstić information content (AvgIpc) is 2.98. The zero-order valence-electron chi connectivity index (χ0n) is 10.3. The molecule has 0 saturated carbocycles. The zero-order chi connectivity index (χ0) is 12.5. The predicted octanol–water partition coefficient (Wildman–Crippen LogP) is 5.16. The first-order valence-corrected chi connectivity index (χ1v) is 7.55. The summed E-state index contributed by atoms with van der Waals surface area (Å²) < 4.78 is 0. The fourth-order valence-electron chi connectivity index (χ4n) is 1.83. The fourth-order valence-corrected chi connectivity index (χ4v) is 3.60. The van der Waals surface area contributed by atoms with E-state index in [1.165, 1.54) is 26.4 Å². The molecule has 0 aliphatic heterocycles. The summed E-state index contributed by atoms with van der Waals surface area (Å²) in [6.07, 6.45) is 1.97. The van der Waals surface area contributed by atoms with Gasteiger partial charge in [-0.1, -0.05) is 0 Å². The SMILES string of the molecule is Cc1csc(-c2ccc(-c3cc(C)cs3)nc2)c1. The molecular weight excluding hydrogens is 258 g/mol. The van der Waals surface area contributed by atoms with Crippen LogP contribution in [0.5, 0.6) is 0 Å². The molecule has 0 amide bonds. The second-order valence-electron chi connectivity index (χ2n) is 4.41. The van der Waals surface area contributed by atoms with Crippen LogP contribution in [0.15, 0.2) is 41.2 Å². The van der Waals surface area contributed by atoms with E-state index in [1.54, 1.807) is 22.7 Å². The van der Waals surface area contributed by atoms with Crippen LogP contribution in [0.1, 0.15) is 11.1 Å². The van der Waals surface area contributed by atoms with Gasteiger partial charge in [-0.15, -0.1) is 22.7 Å². The Kier molecular flexibility index (Phi) is 3.02. The third kappa shape index (κ3) is 2.24. The number of rotatable bonds is 2. The van der Waals surface area contributed by atoms with E-state index >= 15 is 0 Å². The minimum absolute atomic E-state index is 1.06. The quantitative estimate of drug-likeness (QED) is 0.627. The van der Waals surface area contributed by atoms with E-state index < -0.39 is 0 Å². The third-order valence-corrected chi connectivity index (χ3v) is 4.93. The van der Waals surface area contributed by atoms with Gasteiger partial charge in [-0.25, -0.2) is 0 Å². The Morgan fingerprint density at radius 3 is 2.06 bits per heavy atom. The van der Waals surface area contributed by atoms with Crippen molar-refractivity contribution in [2.24, 2.45) is 0 Å². The molecule has 0 spiro atoms. The normalized spacial score (nSPS) is 10.8. The van der Waals surface area contributed by atoms with Crippen LogP contribution in [0.4, 0.5) is 0 Å². The molecule has 0 aliphatic carbocycles. The number of pyridine rings is 1. The van der Waals surface area contributed by atoms with Gasteiger partial charge in [0, 0.05) is 16.6 Å². The highest BCUT2D eigenvalue weighted by molar-refractivity contribution is 7.14. The number of thiophene rings is 2. The Morgan fingerprint density at radius 1 is 0.889 bits per heavy atom. The average molecular weight is 271 g/mol. The molecule has 90 valence electrons. The second-order valence-corrected chi connectivity index (χ2v) is 6.23. The third-order valence-electron chi connectivity index (χ3n) is 2.76. The maximum absolute atomic E-state index is 4.56. The molecule has 0 radical (unpaired) electrons. The summed E-state index contributed by atoms with van der Waals surface area (Å²) in [5, 5.41) is 4.33. The van der Waals surface area contributed by atoms with E-state index in [0.717, 1.165) is 5.69 Å². The number of nitrogens with zero attached hydrogens (tertiary/aromatic N) is 1. The molecule has 0 saturated heterocycles. The molecular formula is C15H13NS2. The van der Waals surface area contributed by atoms with Gasteiger partial charge < -0.3 is 0 Å². The van der Waals surface area contributed by atoms with E-state index in [1.807, 2.05) is 6.20 Å². The molecule has 18 heavy (non-hydrogen) atoms. The summed E-state index contributed by atoms with van der Waals surface area (Å²) in [6, 6.07) is 8.65. The van der Waals surface area contributed by atoms with E-state index in [0.29, 0.717) is 0 Å². The highest BCUT2D eigenvalue weighted by Gasteiger charge is 2.04. The van der Waals surface area contributed by atoms with E-state index in [2.05, 4.69) is 53.9 Å². The first kappa shape index (κ1) is 11.6. The summed E-state index contributed by atoms with van der Waals surface area (Å²) in [7, 11) is 0. The maximum Gasteiger partial charge on any atom is 0.0802 e.